The number of hydrogen-bond donors (Lipinski definition) is 5. The lowest BCUT2D eigenvalue weighted by molar-refractivity contribution is -0.140. The maximum absolute atomic E-state index is 12.8. The third kappa shape index (κ3) is 4.31. The van der Waals surface area contributed by atoms with Gasteiger partial charge in [-0.2, -0.15) is 0 Å². The number of carbonyl (C=O) groups is 4. The van der Waals surface area contributed by atoms with Gasteiger partial charge < -0.3 is 26.0 Å². The number of carboxylic acids is 1. The summed E-state index contributed by atoms with van der Waals surface area (Å²) in [7, 11) is 0. The summed E-state index contributed by atoms with van der Waals surface area (Å²) in [6.45, 7) is 5.84. The van der Waals surface area contributed by atoms with Crippen LogP contribution < -0.4 is 10.6 Å². The van der Waals surface area contributed by atoms with Crippen molar-refractivity contribution in [3.8, 4) is 0 Å². The standard InChI is InChI=1S/C15H24N2O7S/c1-6(2)10(19)15(11(20)7(3)12(21)17-15)14(24)25-5-9(13(22)23)16-8(4)18/h6-7,9-11,19-20H,5H2,1-4H3,(H,16,18)(H,17,21)(H,22,23)/t7-,9+,10-,11+,15?/m1/s1. The molecule has 1 unspecified atom stereocenters. The number of amides is 2. The highest BCUT2D eigenvalue weighted by Gasteiger charge is 2.60. The number of carboxylic acid groups (broad SMARTS) is 1. The zero-order chi connectivity index (χ0) is 19.5. The van der Waals surface area contributed by atoms with E-state index >= 15 is 0 Å². The molecule has 2 amide bonds. The van der Waals surface area contributed by atoms with Gasteiger partial charge in [0.05, 0.1) is 18.1 Å². The van der Waals surface area contributed by atoms with Crippen molar-refractivity contribution in [3.63, 3.8) is 0 Å². The highest BCUT2D eigenvalue weighted by molar-refractivity contribution is 8.13. The van der Waals surface area contributed by atoms with E-state index in [1.165, 1.54) is 6.92 Å². The van der Waals surface area contributed by atoms with Gasteiger partial charge in [0.2, 0.25) is 16.9 Å². The second kappa shape index (κ2) is 8.15. The first-order valence-corrected chi connectivity index (χ1v) is 8.79. The van der Waals surface area contributed by atoms with Crippen molar-refractivity contribution in [3.05, 3.63) is 0 Å². The van der Waals surface area contributed by atoms with Gasteiger partial charge in [-0.3, -0.25) is 14.4 Å². The predicted molar refractivity (Wildman–Crippen MR) is 89.6 cm³/mol. The number of nitrogens with one attached hydrogen (secondary N) is 2. The van der Waals surface area contributed by atoms with Gasteiger partial charge in [-0.1, -0.05) is 32.5 Å². The maximum Gasteiger partial charge on any atom is 0.327 e. The van der Waals surface area contributed by atoms with E-state index in [2.05, 4.69) is 10.6 Å². The van der Waals surface area contributed by atoms with Gasteiger partial charge in [0.15, 0.2) is 5.54 Å². The minimum absolute atomic E-state index is 0.308. The van der Waals surface area contributed by atoms with E-state index < -0.39 is 58.5 Å². The van der Waals surface area contributed by atoms with Gasteiger partial charge in [0, 0.05) is 12.7 Å². The second-order valence-electron chi connectivity index (χ2n) is 6.47. The van der Waals surface area contributed by atoms with Crippen molar-refractivity contribution >= 4 is 34.7 Å². The zero-order valence-corrected chi connectivity index (χ0v) is 15.3. The number of aliphatic hydroxyl groups is 2. The van der Waals surface area contributed by atoms with Crippen molar-refractivity contribution < 1.29 is 34.5 Å². The van der Waals surface area contributed by atoms with Crippen molar-refractivity contribution in [1.29, 1.82) is 0 Å². The van der Waals surface area contributed by atoms with Crippen LogP contribution in [0.15, 0.2) is 0 Å². The quantitative estimate of drug-likeness (QED) is 0.368. The van der Waals surface area contributed by atoms with Crippen LogP contribution in [0.3, 0.4) is 0 Å². The molecule has 1 rings (SSSR count). The molecule has 1 saturated heterocycles. The van der Waals surface area contributed by atoms with Crippen LogP contribution in [0, 0.1) is 11.8 Å². The minimum atomic E-state index is -1.92. The van der Waals surface area contributed by atoms with Crippen molar-refractivity contribution in [2.45, 2.75) is 51.5 Å². The molecule has 1 heterocycles. The summed E-state index contributed by atoms with van der Waals surface area (Å²) in [5, 5.41) is 33.8. The highest BCUT2D eigenvalue weighted by atomic mass is 32.2. The Morgan fingerprint density at radius 3 is 2.28 bits per heavy atom. The number of thioether (sulfide) groups is 1. The SMILES string of the molecule is CC(=O)N[C@@H](CSC(=O)C1([C@H](O)C(C)C)NC(=O)[C@H](C)[C@@H]1O)C(=O)O. The van der Waals surface area contributed by atoms with E-state index in [9.17, 15) is 29.4 Å². The predicted octanol–water partition coefficient (Wildman–Crippen LogP) is -1.28. The first kappa shape index (κ1) is 21.4. The van der Waals surface area contributed by atoms with Gasteiger partial charge in [0.25, 0.3) is 0 Å². The van der Waals surface area contributed by atoms with Crippen molar-refractivity contribution in [2.75, 3.05) is 5.75 Å². The molecule has 0 aromatic carbocycles. The topological polar surface area (TPSA) is 153 Å². The van der Waals surface area contributed by atoms with Crippen LogP contribution in [0.1, 0.15) is 27.7 Å². The van der Waals surface area contributed by atoms with Crippen LogP contribution >= 0.6 is 11.8 Å². The summed E-state index contributed by atoms with van der Waals surface area (Å²) < 4.78 is 0. The van der Waals surface area contributed by atoms with Crippen LogP contribution in [-0.4, -0.2) is 67.8 Å². The van der Waals surface area contributed by atoms with Crippen molar-refractivity contribution in [2.24, 2.45) is 11.8 Å². The van der Waals surface area contributed by atoms with E-state index in [-0.39, 0.29) is 5.75 Å². The summed E-state index contributed by atoms with van der Waals surface area (Å²) in [5.74, 6) is -4.12. The Labute approximate surface area is 149 Å². The molecule has 0 aromatic rings. The Hall–Kier alpha value is -1.65. The number of aliphatic hydroxyl groups excluding tert-OH is 2. The lowest BCUT2D eigenvalue weighted by Crippen LogP contribution is -2.64. The fourth-order valence-electron chi connectivity index (χ4n) is 2.70. The molecule has 0 aromatic heterocycles. The zero-order valence-electron chi connectivity index (χ0n) is 14.5. The number of rotatable bonds is 7. The van der Waals surface area contributed by atoms with Crippen LogP contribution in [0.4, 0.5) is 0 Å². The van der Waals surface area contributed by atoms with Crippen LogP contribution in [0.25, 0.3) is 0 Å². The van der Waals surface area contributed by atoms with E-state index in [0.717, 1.165) is 6.92 Å². The highest BCUT2D eigenvalue weighted by Crippen LogP contribution is 2.36. The Morgan fingerprint density at radius 1 is 1.36 bits per heavy atom. The molecule has 0 bridgehead atoms. The Bertz CT molecular complexity index is 568. The van der Waals surface area contributed by atoms with Gasteiger partial charge >= 0.3 is 5.97 Å². The molecule has 0 aliphatic carbocycles. The van der Waals surface area contributed by atoms with Crippen LogP contribution in [0.5, 0.6) is 0 Å². The number of hydrogen-bond acceptors (Lipinski definition) is 7. The Morgan fingerprint density at radius 2 is 1.92 bits per heavy atom. The number of carbonyl (C=O) groups excluding carboxylic acids is 3. The van der Waals surface area contributed by atoms with Gasteiger partial charge in [0.1, 0.15) is 6.04 Å². The molecule has 25 heavy (non-hydrogen) atoms. The fourth-order valence-corrected chi connectivity index (χ4v) is 3.77. The summed E-state index contributed by atoms with van der Waals surface area (Å²) in [6.07, 6.45) is -2.82. The van der Waals surface area contributed by atoms with Gasteiger partial charge in [-0.25, -0.2) is 4.79 Å². The first-order valence-electron chi connectivity index (χ1n) is 7.80. The molecular weight excluding hydrogens is 352 g/mol. The average Bonchev–Trinajstić information content (AvgIpc) is 2.74. The third-order valence-electron chi connectivity index (χ3n) is 4.18. The monoisotopic (exact) mass is 376 g/mol. The molecule has 0 saturated carbocycles. The normalized spacial score (nSPS) is 28.4. The molecule has 9 nitrogen and oxygen atoms in total. The molecule has 5 N–H and O–H groups in total. The van der Waals surface area contributed by atoms with Gasteiger partial charge in [-0.05, 0) is 5.92 Å². The first-order chi connectivity index (χ1) is 11.4. The average molecular weight is 376 g/mol. The van der Waals surface area contributed by atoms with Crippen molar-refractivity contribution in [1.82, 2.24) is 10.6 Å². The van der Waals surface area contributed by atoms with Gasteiger partial charge in [-0.15, -0.1) is 0 Å². The van der Waals surface area contributed by atoms with E-state index in [4.69, 9.17) is 5.11 Å². The molecule has 5 atom stereocenters. The molecule has 142 valence electrons. The smallest absolute Gasteiger partial charge is 0.327 e. The van der Waals surface area contributed by atoms with E-state index in [0.29, 0.717) is 11.8 Å². The maximum atomic E-state index is 12.8. The lowest BCUT2D eigenvalue weighted by atomic mass is 9.81. The lowest BCUT2D eigenvalue weighted by Gasteiger charge is -2.37. The Kier molecular flexibility index (Phi) is 6.98. The molecule has 10 heteroatoms. The fraction of sp³-hybridized carbons (Fsp3) is 0.733. The second-order valence-corrected chi connectivity index (χ2v) is 7.46. The molecule has 0 radical (unpaired) electrons. The summed E-state index contributed by atoms with van der Waals surface area (Å²) in [4.78, 5) is 46.9. The largest absolute Gasteiger partial charge is 0.480 e. The molecule has 0 spiro atoms. The summed E-state index contributed by atoms with van der Waals surface area (Å²) >= 11 is 0.535. The summed E-state index contributed by atoms with van der Waals surface area (Å²) in [5.41, 5.74) is -1.92. The molecule has 1 aliphatic rings. The number of aliphatic carboxylic acids is 1. The molecule has 1 aliphatic heterocycles. The van der Waals surface area contributed by atoms with E-state index in [1.807, 2.05) is 0 Å². The Balaban J connectivity index is 3.04. The molecule has 1 fully saturated rings. The molecular formula is C15H24N2O7S. The minimum Gasteiger partial charge on any atom is -0.480 e. The van der Waals surface area contributed by atoms with Crippen LogP contribution in [0.2, 0.25) is 0 Å². The third-order valence-corrected chi connectivity index (χ3v) is 5.28. The van der Waals surface area contributed by atoms with E-state index in [1.54, 1.807) is 13.8 Å². The summed E-state index contributed by atoms with van der Waals surface area (Å²) in [6, 6.07) is -1.31. The van der Waals surface area contributed by atoms with Crippen LogP contribution in [-0.2, 0) is 19.2 Å².